The molecule has 0 heterocycles. The molecule has 4 heteroatoms. The molecule has 0 radical (unpaired) electrons. The maximum atomic E-state index is 11.4. The molecule has 1 atom stereocenters. The van der Waals surface area contributed by atoms with Gasteiger partial charge in [-0.3, -0.25) is 9.59 Å². The van der Waals surface area contributed by atoms with Crippen molar-refractivity contribution in [1.29, 1.82) is 0 Å². The van der Waals surface area contributed by atoms with Crippen LogP contribution in [-0.2, 0) is 9.59 Å². The SMILES string of the molecule is CCN(CC)C(=O)CC(C)C(N)=O. The first-order chi connectivity index (χ1) is 6.02. The number of rotatable bonds is 5. The van der Waals surface area contributed by atoms with Crippen molar-refractivity contribution < 1.29 is 9.59 Å². The lowest BCUT2D eigenvalue weighted by Crippen LogP contribution is -2.34. The summed E-state index contributed by atoms with van der Waals surface area (Å²) in [5.41, 5.74) is 5.06. The Morgan fingerprint density at radius 1 is 1.31 bits per heavy atom. The van der Waals surface area contributed by atoms with Crippen LogP contribution in [0.15, 0.2) is 0 Å². The number of amides is 2. The molecule has 0 aliphatic carbocycles. The highest BCUT2D eigenvalue weighted by Crippen LogP contribution is 2.04. The Morgan fingerprint density at radius 2 is 1.77 bits per heavy atom. The second-order valence-electron chi connectivity index (χ2n) is 3.07. The molecule has 13 heavy (non-hydrogen) atoms. The summed E-state index contributed by atoms with van der Waals surface area (Å²) in [4.78, 5) is 23.8. The Bertz CT molecular complexity index is 188. The van der Waals surface area contributed by atoms with Crippen LogP contribution in [0.2, 0.25) is 0 Å². The molecular formula is C9H18N2O2. The van der Waals surface area contributed by atoms with Crippen molar-refractivity contribution in [1.82, 2.24) is 4.90 Å². The van der Waals surface area contributed by atoms with Crippen LogP contribution >= 0.6 is 0 Å². The molecule has 0 aromatic rings. The summed E-state index contributed by atoms with van der Waals surface area (Å²) in [6.07, 6.45) is 0.219. The van der Waals surface area contributed by atoms with Gasteiger partial charge in [0.25, 0.3) is 0 Å². The maximum Gasteiger partial charge on any atom is 0.223 e. The molecule has 76 valence electrons. The zero-order valence-corrected chi connectivity index (χ0v) is 8.54. The molecule has 0 bridgehead atoms. The van der Waals surface area contributed by atoms with Gasteiger partial charge >= 0.3 is 0 Å². The third kappa shape index (κ3) is 3.92. The van der Waals surface area contributed by atoms with E-state index in [4.69, 9.17) is 5.73 Å². The van der Waals surface area contributed by atoms with Gasteiger partial charge in [-0.25, -0.2) is 0 Å². The van der Waals surface area contributed by atoms with E-state index in [1.165, 1.54) is 0 Å². The van der Waals surface area contributed by atoms with Crippen LogP contribution in [0.5, 0.6) is 0 Å². The van der Waals surface area contributed by atoms with Crippen molar-refractivity contribution in [2.75, 3.05) is 13.1 Å². The number of carbonyl (C=O) groups is 2. The average molecular weight is 186 g/mol. The van der Waals surface area contributed by atoms with Gasteiger partial charge in [0.05, 0.1) is 0 Å². The van der Waals surface area contributed by atoms with Crippen molar-refractivity contribution in [2.45, 2.75) is 27.2 Å². The van der Waals surface area contributed by atoms with Gasteiger partial charge in [-0.05, 0) is 13.8 Å². The normalized spacial score (nSPS) is 12.2. The van der Waals surface area contributed by atoms with Gasteiger partial charge in [-0.1, -0.05) is 6.92 Å². The molecule has 2 amide bonds. The van der Waals surface area contributed by atoms with E-state index in [0.29, 0.717) is 13.1 Å². The third-order valence-electron chi connectivity index (χ3n) is 2.08. The number of carbonyl (C=O) groups excluding carboxylic acids is 2. The van der Waals surface area contributed by atoms with E-state index < -0.39 is 5.91 Å². The van der Waals surface area contributed by atoms with Gasteiger partial charge in [0, 0.05) is 25.4 Å². The van der Waals surface area contributed by atoms with Crippen molar-refractivity contribution >= 4 is 11.8 Å². The van der Waals surface area contributed by atoms with E-state index in [1.54, 1.807) is 11.8 Å². The second kappa shape index (κ2) is 5.56. The standard InChI is InChI=1S/C9H18N2O2/c1-4-11(5-2)8(12)6-7(3)9(10)13/h7H,4-6H2,1-3H3,(H2,10,13). The summed E-state index contributed by atoms with van der Waals surface area (Å²) in [5.74, 6) is -0.787. The highest BCUT2D eigenvalue weighted by Gasteiger charge is 2.17. The van der Waals surface area contributed by atoms with E-state index >= 15 is 0 Å². The van der Waals surface area contributed by atoms with Crippen LogP contribution in [0.25, 0.3) is 0 Å². The zero-order chi connectivity index (χ0) is 10.4. The van der Waals surface area contributed by atoms with Crippen LogP contribution < -0.4 is 5.73 Å². The van der Waals surface area contributed by atoms with Crippen LogP contribution in [0.4, 0.5) is 0 Å². The lowest BCUT2D eigenvalue weighted by atomic mass is 10.1. The van der Waals surface area contributed by atoms with E-state index in [2.05, 4.69) is 0 Å². The molecule has 0 spiro atoms. The minimum absolute atomic E-state index is 0.00343. The van der Waals surface area contributed by atoms with Gasteiger partial charge in [-0.15, -0.1) is 0 Å². The topological polar surface area (TPSA) is 63.4 Å². The second-order valence-corrected chi connectivity index (χ2v) is 3.07. The molecule has 0 aliphatic rings. The van der Waals surface area contributed by atoms with Crippen LogP contribution in [-0.4, -0.2) is 29.8 Å². The van der Waals surface area contributed by atoms with E-state index in [1.807, 2.05) is 13.8 Å². The summed E-state index contributed by atoms with van der Waals surface area (Å²) < 4.78 is 0. The third-order valence-corrected chi connectivity index (χ3v) is 2.08. The molecule has 0 aromatic carbocycles. The fourth-order valence-corrected chi connectivity index (χ4v) is 1.07. The predicted octanol–water partition coefficient (Wildman–Crippen LogP) is 0.366. The van der Waals surface area contributed by atoms with Crippen LogP contribution in [0, 0.1) is 5.92 Å². The monoisotopic (exact) mass is 186 g/mol. The average Bonchev–Trinajstić information content (AvgIpc) is 2.06. The number of hydrogen-bond donors (Lipinski definition) is 1. The predicted molar refractivity (Wildman–Crippen MR) is 50.9 cm³/mol. The van der Waals surface area contributed by atoms with Gasteiger partial charge in [0.15, 0.2) is 0 Å². The first kappa shape index (κ1) is 11.9. The van der Waals surface area contributed by atoms with Crippen LogP contribution in [0.1, 0.15) is 27.2 Å². The Morgan fingerprint density at radius 3 is 2.08 bits per heavy atom. The molecule has 0 saturated heterocycles. The minimum atomic E-state index is -0.416. The summed E-state index contributed by atoms with van der Waals surface area (Å²) in [6, 6.07) is 0. The van der Waals surface area contributed by atoms with Crippen molar-refractivity contribution in [3.8, 4) is 0 Å². The molecule has 0 aromatic heterocycles. The van der Waals surface area contributed by atoms with Crippen molar-refractivity contribution in [2.24, 2.45) is 11.7 Å². The quantitative estimate of drug-likeness (QED) is 0.674. The van der Waals surface area contributed by atoms with Gasteiger partial charge < -0.3 is 10.6 Å². The summed E-state index contributed by atoms with van der Waals surface area (Å²) >= 11 is 0. The van der Waals surface area contributed by atoms with Crippen LogP contribution in [0.3, 0.4) is 0 Å². The molecule has 0 aliphatic heterocycles. The first-order valence-corrected chi connectivity index (χ1v) is 4.60. The first-order valence-electron chi connectivity index (χ1n) is 4.60. The Kier molecular flexibility index (Phi) is 5.11. The number of hydrogen-bond acceptors (Lipinski definition) is 2. The zero-order valence-electron chi connectivity index (χ0n) is 8.54. The molecule has 2 N–H and O–H groups in total. The van der Waals surface area contributed by atoms with E-state index in [-0.39, 0.29) is 18.2 Å². The fourth-order valence-electron chi connectivity index (χ4n) is 1.07. The molecular weight excluding hydrogens is 168 g/mol. The highest BCUT2D eigenvalue weighted by molar-refractivity contribution is 5.84. The largest absolute Gasteiger partial charge is 0.369 e. The maximum absolute atomic E-state index is 11.4. The molecule has 0 saturated carbocycles. The van der Waals surface area contributed by atoms with Gasteiger partial charge in [-0.2, -0.15) is 0 Å². The summed E-state index contributed by atoms with van der Waals surface area (Å²) in [7, 11) is 0. The van der Waals surface area contributed by atoms with E-state index in [0.717, 1.165) is 0 Å². The fraction of sp³-hybridized carbons (Fsp3) is 0.778. The molecule has 4 nitrogen and oxygen atoms in total. The molecule has 1 unspecified atom stereocenters. The van der Waals surface area contributed by atoms with Gasteiger partial charge in [0.2, 0.25) is 11.8 Å². The minimum Gasteiger partial charge on any atom is -0.369 e. The molecule has 0 fully saturated rings. The lowest BCUT2D eigenvalue weighted by Gasteiger charge is -2.19. The Balaban J connectivity index is 4.05. The smallest absolute Gasteiger partial charge is 0.223 e. The van der Waals surface area contributed by atoms with Crippen molar-refractivity contribution in [3.63, 3.8) is 0 Å². The highest BCUT2D eigenvalue weighted by atomic mass is 16.2. The Hall–Kier alpha value is -1.06. The number of nitrogens with zero attached hydrogens (tertiary/aromatic N) is 1. The number of nitrogens with two attached hydrogens (primary N) is 1. The van der Waals surface area contributed by atoms with Gasteiger partial charge in [0.1, 0.15) is 0 Å². The number of primary amides is 1. The Labute approximate surface area is 79.1 Å². The summed E-state index contributed by atoms with van der Waals surface area (Å²) in [5, 5.41) is 0. The summed E-state index contributed by atoms with van der Waals surface area (Å²) in [6.45, 7) is 6.86. The lowest BCUT2D eigenvalue weighted by molar-refractivity contribution is -0.134. The van der Waals surface area contributed by atoms with E-state index in [9.17, 15) is 9.59 Å². The molecule has 0 rings (SSSR count). The van der Waals surface area contributed by atoms with Crippen molar-refractivity contribution in [3.05, 3.63) is 0 Å².